The predicted molar refractivity (Wildman–Crippen MR) is 74.3 cm³/mol. The summed E-state index contributed by atoms with van der Waals surface area (Å²) in [6.45, 7) is 8.18. The molecule has 0 amide bonds. The molecule has 1 aromatic heterocycles. The summed E-state index contributed by atoms with van der Waals surface area (Å²) in [6, 6.07) is 0. The molecule has 0 N–H and O–H groups in total. The minimum Gasteiger partial charge on any atom is -0.398 e. The molecule has 0 unspecified atom stereocenters. The van der Waals surface area contributed by atoms with E-state index in [0.29, 0.717) is 5.92 Å². The van der Waals surface area contributed by atoms with Crippen molar-refractivity contribution in [2.24, 2.45) is 0 Å². The predicted octanol–water partition coefficient (Wildman–Crippen LogP) is 2.04. The summed E-state index contributed by atoms with van der Waals surface area (Å²) in [5.74, 6) is 0.611. The molecule has 2 heterocycles. The van der Waals surface area contributed by atoms with Crippen LogP contribution in [0.4, 0.5) is 0 Å². The number of aromatic nitrogens is 2. The molecule has 102 valence electrons. The van der Waals surface area contributed by atoms with Gasteiger partial charge in [-0.25, -0.2) is 0 Å². The maximum absolute atomic E-state index is 5.97. The second-order valence-electron chi connectivity index (χ2n) is 6.58. The van der Waals surface area contributed by atoms with Crippen LogP contribution < -0.4 is 5.59 Å². The Morgan fingerprint density at radius 3 is 2.11 bits per heavy atom. The van der Waals surface area contributed by atoms with Crippen molar-refractivity contribution in [1.29, 1.82) is 0 Å². The van der Waals surface area contributed by atoms with E-state index in [1.54, 1.807) is 6.20 Å². The van der Waals surface area contributed by atoms with E-state index in [-0.39, 0.29) is 11.2 Å². The molecule has 5 heteroatoms. The van der Waals surface area contributed by atoms with Crippen molar-refractivity contribution < 1.29 is 9.31 Å². The van der Waals surface area contributed by atoms with E-state index in [9.17, 15) is 0 Å². The zero-order chi connectivity index (χ0) is 13.7. The third-order valence-electron chi connectivity index (χ3n) is 4.71. The van der Waals surface area contributed by atoms with E-state index in [1.165, 1.54) is 19.3 Å². The van der Waals surface area contributed by atoms with Gasteiger partial charge >= 0.3 is 7.12 Å². The Balaban J connectivity index is 1.76. The van der Waals surface area contributed by atoms with Gasteiger partial charge < -0.3 is 9.31 Å². The number of rotatable bonds is 2. The molecule has 1 saturated carbocycles. The Morgan fingerprint density at radius 2 is 1.68 bits per heavy atom. The molecule has 0 aromatic carbocycles. The summed E-state index contributed by atoms with van der Waals surface area (Å²) < 4.78 is 11.9. The molecule has 3 rings (SSSR count). The molecule has 1 aliphatic carbocycles. The third-order valence-corrected chi connectivity index (χ3v) is 4.71. The van der Waals surface area contributed by atoms with Gasteiger partial charge in [-0.15, -0.1) is 0 Å². The zero-order valence-corrected chi connectivity index (χ0v) is 12.1. The Bertz CT molecular complexity index is 453. The molecule has 1 saturated heterocycles. The first-order valence-electron chi connectivity index (χ1n) is 7.06. The maximum atomic E-state index is 5.97. The van der Waals surface area contributed by atoms with Crippen LogP contribution in [-0.4, -0.2) is 28.3 Å². The summed E-state index contributed by atoms with van der Waals surface area (Å²) >= 11 is 0. The second-order valence-corrected chi connectivity index (χ2v) is 6.58. The van der Waals surface area contributed by atoms with Crippen molar-refractivity contribution in [3.8, 4) is 0 Å². The normalized spacial score (nSPS) is 25.4. The fourth-order valence-corrected chi connectivity index (χ4v) is 2.35. The minimum atomic E-state index is -0.409. The van der Waals surface area contributed by atoms with Crippen LogP contribution in [0.2, 0.25) is 0 Å². The smallest absolute Gasteiger partial charge is 0.398 e. The lowest BCUT2D eigenvalue weighted by molar-refractivity contribution is 0.00578. The van der Waals surface area contributed by atoms with E-state index >= 15 is 0 Å². The van der Waals surface area contributed by atoms with Crippen LogP contribution in [0, 0.1) is 0 Å². The number of hydrogen-bond acceptors (Lipinski definition) is 4. The highest BCUT2D eigenvalue weighted by atomic mass is 16.7. The van der Waals surface area contributed by atoms with Gasteiger partial charge in [0.2, 0.25) is 0 Å². The van der Waals surface area contributed by atoms with E-state index in [1.807, 2.05) is 33.9 Å². The van der Waals surface area contributed by atoms with Gasteiger partial charge in [0.1, 0.15) is 0 Å². The second kappa shape index (κ2) is 4.28. The molecule has 0 bridgehead atoms. The molecule has 2 aliphatic rings. The lowest BCUT2D eigenvalue weighted by Gasteiger charge is -2.32. The molecule has 2 fully saturated rings. The third kappa shape index (κ3) is 2.19. The van der Waals surface area contributed by atoms with Crippen LogP contribution in [0.1, 0.15) is 58.6 Å². The number of nitrogens with zero attached hydrogens (tertiary/aromatic N) is 2. The van der Waals surface area contributed by atoms with Gasteiger partial charge in [0.15, 0.2) is 0 Å². The van der Waals surface area contributed by atoms with Gasteiger partial charge in [-0.05, 0) is 40.5 Å². The highest BCUT2D eigenvalue weighted by molar-refractivity contribution is 6.61. The molecule has 19 heavy (non-hydrogen) atoms. The largest absolute Gasteiger partial charge is 0.516 e. The highest BCUT2D eigenvalue weighted by Gasteiger charge is 2.52. The SMILES string of the molecule is CC1(C)OB(c2cnc(C3CCC3)cn2)OC1(C)C. The summed E-state index contributed by atoms with van der Waals surface area (Å²) in [6.07, 6.45) is 7.47. The number of hydrogen-bond donors (Lipinski definition) is 0. The summed E-state index contributed by atoms with van der Waals surface area (Å²) in [5.41, 5.74) is 1.21. The van der Waals surface area contributed by atoms with Gasteiger partial charge in [0, 0.05) is 18.3 Å². The molecule has 0 atom stereocenters. The monoisotopic (exact) mass is 260 g/mol. The van der Waals surface area contributed by atoms with E-state index < -0.39 is 7.12 Å². The first-order chi connectivity index (χ1) is 8.89. The van der Waals surface area contributed by atoms with Crippen molar-refractivity contribution in [2.75, 3.05) is 0 Å². The van der Waals surface area contributed by atoms with Gasteiger partial charge in [0.25, 0.3) is 0 Å². The fourth-order valence-electron chi connectivity index (χ4n) is 2.35. The molecular formula is C14H21BN2O2. The van der Waals surface area contributed by atoms with Crippen LogP contribution >= 0.6 is 0 Å². The fraction of sp³-hybridized carbons (Fsp3) is 0.714. The van der Waals surface area contributed by atoms with Gasteiger partial charge in [-0.3, -0.25) is 9.97 Å². The van der Waals surface area contributed by atoms with Crippen LogP contribution in [-0.2, 0) is 9.31 Å². The van der Waals surface area contributed by atoms with Crippen molar-refractivity contribution in [1.82, 2.24) is 9.97 Å². The lowest BCUT2D eigenvalue weighted by atomic mass is 9.82. The molecule has 0 spiro atoms. The van der Waals surface area contributed by atoms with E-state index in [2.05, 4.69) is 9.97 Å². The summed E-state index contributed by atoms with van der Waals surface area (Å²) in [5, 5.41) is 0. The minimum absolute atomic E-state index is 0.327. The topological polar surface area (TPSA) is 44.2 Å². The molecule has 0 radical (unpaired) electrons. The van der Waals surface area contributed by atoms with Crippen LogP contribution in [0.3, 0.4) is 0 Å². The van der Waals surface area contributed by atoms with Crippen molar-refractivity contribution in [3.63, 3.8) is 0 Å². The van der Waals surface area contributed by atoms with E-state index in [4.69, 9.17) is 9.31 Å². The van der Waals surface area contributed by atoms with Gasteiger partial charge in [-0.2, -0.15) is 0 Å². The van der Waals surface area contributed by atoms with Crippen molar-refractivity contribution in [3.05, 3.63) is 18.1 Å². The van der Waals surface area contributed by atoms with Crippen LogP contribution in [0.5, 0.6) is 0 Å². The van der Waals surface area contributed by atoms with E-state index in [0.717, 1.165) is 11.3 Å². The maximum Gasteiger partial charge on any atom is 0.516 e. The molecule has 4 nitrogen and oxygen atoms in total. The average molecular weight is 260 g/mol. The molecule has 1 aromatic rings. The average Bonchev–Trinajstić information content (AvgIpc) is 2.47. The first kappa shape index (κ1) is 13.1. The Labute approximate surface area is 115 Å². The van der Waals surface area contributed by atoms with Gasteiger partial charge in [-0.1, -0.05) is 6.42 Å². The first-order valence-corrected chi connectivity index (χ1v) is 7.06. The van der Waals surface area contributed by atoms with Crippen LogP contribution in [0.25, 0.3) is 0 Å². The summed E-state index contributed by atoms with van der Waals surface area (Å²) in [4.78, 5) is 9.00. The highest BCUT2D eigenvalue weighted by Crippen LogP contribution is 2.37. The standard InChI is InChI=1S/C14H21BN2O2/c1-13(2)14(3,4)19-15(18-13)12-9-16-11(8-17-12)10-6-5-7-10/h8-10H,5-7H2,1-4H3. The molecular weight excluding hydrogens is 239 g/mol. The Hall–Kier alpha value is -0.935. The van der Waals surface area contributed by atoms with Gasteiger partial charge in [0.05, 0.1) is 22.5 Å². The lowest BCUT2D eigenvalue weighted by Crippen LogP contribution is -2.41. The Kier molecular flexibility index (Phi) is 2.95. The Morgan fingerprint density at radius 1 is 1.05 bits per heavy atom. The zero-order valence-electron chi connectivity index (χ0n) is 12.1. The van der Waals surface area contributed by atoms with Crippen molar-refractivity contribution in [2.45, 2.75) is 64.1 Å². The van der Waals surface area contributed by atoms with Crippen molar-refractivity contribution >= 4 is 12.7 Å². The molecule has 1 aliphatic heterocycles. The summed E-state index contributed by atoms with van der Waals surface area (Å²) in [7, 11) is -0.409. The van der Waals surface area contributed by atoms with Crippen LogP contribution in [0.15, 0.2) is 12.4 Å². The quantitative estimate of drug-likeness (QED) is 0.763.